The van der Waals surface area contributed by atoms with Gasteiger partial charge in [-0.15, -0.1) is 6.58 Å². The Morgan fingerprint density at radius 1 is 1.21 bits per heavy atom. The first-order valence-electron chi connectivity index (χ1n) is 9.41. The van der Waals surface area contributed by atoms with Crippen molar-refractivity contribution in [2.75, 3.05) is 27.3 Å². The summed E-state index contributed by atoms with van der Waals surface area (Å²) in [5.41, 5.74) is 1.70. The summed E-state index contributed by atoms with van der Waals surface area (Å²) < 4.78 is 10.9. The van der Waals surface area contributed by atoms with E-state index in [2.05, 4.69) is 27.5 Å². The molecule has 28 heavy (non-hydrogen) atoms. The number of hydrogen-bond donors (Lipinski definition) is 3. The first-order valence-corrected chi connectivity index (χ1v) is 9.41. The predicted octanol–water partition coefficient (Wildman–Crippen LogP) is 2.40. The van der Waals surface area contributed by atoms with Gasteiger partial charge in [0.15, 0.2) is 17.5 Å². The quantitative estimate of drug-likeness (QED) is 0.343. The highest BCUT2D eigenvalue weighted by Gasteiger charge is 2.14. The maximum atomic E-state index is 12.0. The smallest absolute Gasteiger partial charge is 0.239 e. The highest BCUT2D eigenvalue weighted by atomic mass is 16.5. The number of rotatable bonds is 9. The fourth-order valence-electron chi connectivity index (χ4n) is 2.64. The first-order chi connectivity index (χ1) is 13.2. The van der Waals surface area contributed by atoms with Gasteiger partial charge >= 0.3 is 0 Å². The number of methoxy groups -OCH3 is 2. The van der Waals surface area contributed by atoms with E-state index >= 15 is 0 Å². The maximum Gasteiger partial charge on any atom is 0.239 e. The summed E-state index contributed by atoms with van der Waals surface area (Å²) in [5.74, 6) is 1.86. The molecule has 156 valence electrons. The second-order valence-corrected chi connectivity index (χ2v) is 7.33. The zero-order valence-electron chi connectivity index (χ0n) is 17.9. The van der Waals surface area contributed by atoms with Gasteiger partial charge in [0.05, 0.1) is 27.3 Å². The third kappa shape index (κ3) is 7.90. The SMILES string of the molecule is C=CCc1cc(CN=C(NCC)NCC(=O)NC(C)(C)C)cc(OC)c1OC. The van der Waals surface area contributed by atoms with Gasteiger partial charge in [0, 0.05) is 17.6 Å². The predicted molar refractivity (Wildman–Crippen MR) is 114 cm³/mol. The molecule has 0 saturated carbocycles. The molecule has 0 radical (unpaired) electrons. The van der Waals surface area contributed by atoms with Crippen LogP contribution in [0.3, 0.4) is 0 Å². The van der Waals surface area contributed by atoms with E-state index < -0.39 is 0 Å². The van der Waals surface area contributed by atoms with Gasteiger partial charge in [0.2, 0.25) is 5.91 Å². The lowest BCUT2D eigenvalue weighted by molar-refractivity contribution is -0.121. The average Bonchev–Trinajstić information content (AvgIpc) is 2.62. The van der Waals surface area contributed by atoms with E-state index in [1.807, 2.05) is 45.9 Å². The van der Waals surface area contributed by atoms with Crippen LogP contribution in [0.1, 0.15) is 38.8 Å². The van der Waals surface area contributed by atoms with Crippen molar-refractivity contribution in [1.82, 2.24) is 16.0 Å². The molecule has 7 heteroatoms. The Kier molecular flexibility index (Phi) is 9.35. The Hall–Kier alpha value is -2.70. The van der Waals surface area contributed by atoms with Crippen LogP contribution in [0.15, 0.2) is 29.8 Å². The molecule has 0 bridgehead atoms. The fraction of sp³-hybridized carbons (Fsp3) is 0.524. The summed E-state index contributed by atoms with van der Waals surface area (Å²) in [6.45, 7) is 12.9. The van der Waals surface area contributed by atoms with E-state index in [9.17, 15) is 4.79 Å². The van der Waals surface area contributed by atoms with Crippen LogP contribution in [0.2, 0.25) is 0 Å². The van der Waals surface area contributed by atoms with Crippen LogP contribution in [0.4, 0.5) is 0 Å². The van der Waals surface area contributed by atoms with Gasteiger partial charge < -0.3 is 25.4 Å². The minimum atomic E-state index is -0.268. The van der Waals surface area contributed by atoms with Crippen molar-refractivity contribution in [1.29, 1.82) is 0 Å². The Balaban J connectivity index is 2.92. The third-order valence-electron chi connectivity index (χ3n) is 3.67. The van der Waals surface area contributed by atoms with Gasteiger partial charge in [0.1, 0.15) is 0 Å². The van der Waals surface area contributed by atoms with E-state index in [0.29, 0.717) is 37.0 Å². The minimum absolute atomic E-state index is 0.0857. The molecular formula is C21H34N4O3. The number of nitrogens with zero attached hydrogens (tertiary/aromatic N) is 1. The van der Waals surface area contributed by atoms with Gasteiger partial charge in [-0.2, -0.15) is 0 Å². The summed E-state index contributed by atoms with van der Waals surface area (Å²) in [6.07, 6.45) is 2.49. The summed E-state index contributed by atoms with van der Waals surface area (Å²) >= 11 is 0. The topological polar surface area (TPSA) is 84.0 Å². The Bertz CT molecular complexity index is 694. The fourth-order valence-corrected chi connectivity index (χ4v) is 2.64. The number of guanidine groups is 1. The summed E-state index contributed by atoms with van der Waals surface area (Å²) in [7, 11) is 3.24. The molecule has 1 aromatic rings. The molecule has 0 spiro atoms. The molecule has 0 atom stereocenters. The van der Waals surface area contributed by atoms with Gasteiger partial charge in [-0.3, -0.25) is 4.79 Å². The van der Waals surface area contributed by atoms with Gasteiger partial charge in [-0.05, 0) is 51.8 Å². The summed E-state index contributed by atoms with van der Waals surface area (Å²) in [6, 6.07) is 3.94. The number of carbonyl (C=O) groups is 1. The monoisotopic (exact) mass is 390 g/mol. The van der Waals surface area contributed by atoms with Gasteiger partial charge in [-0.1, -0.05) is 6.08 Å². The van der Waals surface area contributed by atoms with Crippen molar-refractivity contribution in [3.05, 3.63) is 35.9 Å². The number of allylic oxidation sites excluding steroid dienone is 1. The molecule has 0 aliphatic carbocycles. The molecule has 0 aliphatic rings. The lowest BCUT2D eigenvalue weighted by Gasteiger charge is -2.21. The van der Waals surface area contributed by atoms with Crippen LogP contribution in [0, 0.1) is 0 Å². The van der Waals surface area contributed by atoms with Crippen LogP contribution < -0.4 is 25.4 Å². The van der Waals surface area contributed by atoms with Gasteiger partial charge in [0.25, 0.3) is 0 Å². The van der Waals surface area contributed by atoms with Crippen LogP contribution in [-0.4, -0.2) is 44.7 Å². The van der Waals surface area contributed by atoms with E-state index in [1.165, 1.54) is 0 Å². The number of hydrogen-bond acceptors (Lipinski definition) is 4. The van der Waals surface area contributed by atoms with Crippen molar-refractivity contribution in [2.24, 2.45) is 4.99 Å². The minimum Gasteiger partial charge on any atom is -0.493 e. The number of ether oxygens (including phenoxy) is 2. The zero-order chi connectivity index (χ0) is 21.2. The molecule has 1 aromatic carbocycles. The molecular weight excluding hydrogens is 356 g/mol. The van der Waals surface area contributed by atoms with Crippen LogP contribution >= 0.6 is 0 Å². The Morgan fingerprint density at radius 2 is 1.93 bits per heavy atom. The number of aliphatic imine (C=N–C) groups is 1. The molecule has 0 saturated heterocycles. The molecule has 0 aliphatic heterocycles. The lowest BCUT2D eigenvalue weighted by Crippen LogP contribution is -2.48. The standard InChI is InChI=1S/C21H34N4O3/c1-8-10-16-11-15(12-17(27-6)19(16)28-7)13-23-20(22-9-2)24-14-18(26)25-21(3,4)5/h8,11-12H,1,9-10,13-14H2,2-7H3,(H,25,26)(H2,22,23,24). The zero-order valence-corrected chi connectivity index (χ0v) is 17.9. The first kappa shape index (κ1) is 23.3. The van der Waals surface area contributed by atoms with Crippen LogP contribution in [-0.2, 0) is 17.8 Å². The van der Waals surface area contributed by atoms with Crippen molar-refractivity contribution < 1.29 is 14.3 Å². The van der Waals surface area contributed by atoms with Crippen LogP contribution in [0.25, 0.3) is 0 Å². The number of benzene rings is 1. The van der Waals surface area contributed by atoms with Crippen molar-refractivity contribution in [3.8, 4) is 11.5 Å². The van der Waals surface area contributed by atoms with Crippen molar-refractivity contribution >= 4 is 11.9 Å². The van der Waals surface area contributed by atoms with Crippen molar-refractivity contribution in [3.63, 3.8) is 0 Å². The van der Waals surface area contributed by atoms with Crippen molar-refractivity contribution in [2.45, 2.75) is 46.2 Å². The molecule has 3 N–H and O–H groups in total. The highest BCUT2D eigenvalue weighted by Crippen LogP contribution is 2.33. The Labute approximate surface area is 168 Å². The number of nitrogens with one attached hydrogen (secondary N) is 3. The van der Waals surface area contributed by atoms with Gasteiger partial charge in [-0.25, -0.2) is 4.99 Å². The summed E-state index contributed by atoms with van der Waals surface area (Å²) in [4.78, 5) is 16.6. The molecule has 0 aromatic heterocycles. The van der Waals surface area contributed by atoms with E-state index in [0.717, 1.165) is 11.1 Å². The van der Waals surface area contributed by atoms with E-state index in [4.69, 9.17) is 9.47 Å². The second kappa shape index (κ2) is 11.2. The molecule has 0 heterocycles. The largest absolute Gasteiger partial charge is 0.493 e. The molecule has 0 fully saturated rings. The Morgan fingerprint density at radius 3 is 2.46 bits per heavy atom. The third-order valence-corrected chi connectivity index (χ3v) is 3.67. The molecule has 1 rings (SSSR count). The molecule has 1 amide bonds. The highest BCUT2D eigenvalue weighted by molar-refractivity contribution is 5.86. The average molecular weight is 391 g/mol. The second-order valence-electron chi connectivity index (χ2n) is 7.33. The number of carbonyl (C=O) groups excluding carboxylic acids is 1. The molecule has 0 unspecified atom stereocenters. The normalized spacial score (nSPS) is 11.6. The summed E-state index contributed by atoms with van der Waals surface area (Å²) in [5, 5.41) is 9.12. The lowest BCUT2D eigenvalue weighted by atomic mass is 10.1. The number of amides is 1. The van der Waals surface area contributed by atoms with E-state index in [1.54, 1.807) is 14.2 Å². The molecule has 7 nitrogen and oxygen atoms in total. The maximum absolute atomic E-state index is 12.0. The van der Waals surface area contributed by atoms with E-state index in [-0.39, 0.29) is 18.0 Å². The van der Waals surface area contributed by atoms with Crippen LogP contribution in [0.5, 0.6) is 11.5 Å².